The first-order valence-electron chi connectivity index (χ1n) is 12.0. The maximum atomic E-state index is 13.1. The van der Waals surface area contributed by atoms with Gasteiger partial charge in [0.15, 0.2) is 5.58 Å². The van der Waals surface area contributed by atoms with Crippen molar-refractivity contribution in [2.24, 2.45) is 11.3 Å². The number of fused-ring (bicyclic) bond motifs is 1. The van der Waals surface area contributed by atoms with Crippen molar-refractivity contribution in [3.05, 3.63) is 34.8 Å². The summed E-state index contributed by atoms with van der Waals surface area (Å²) in [5, 5.41) is 2.85. The summed E-state index contributed by atoms with van der Waals surface area (Å²) in [4.78, 5) is 50.9. The van der Waals surface area contributed by atoms with E-state index in [1.54, 1.807) is 18.2 Å². The van der Waals surface area contributed by atoms with E-state index >= 15 is 0 Å². The number of oxazole rings is 1. The number of esters is 1. The van der Waals surface area contributed by atoms with Gasteiger partial charge in [0, 0.05) is 6.54 Å². The van der Waals surface area contributed by atoms with Gasteiger partial charge in [0.05, 0.1) is 12.1 Å². The molecule has 2 aliphatic rings. The van der Waals surface area contributed by atoms with Crippen LogP contribution in [0.1, 0.15) is 59.3 Å². The third kappa shape index (κ3) is 4.48. The second kappa shape index (κ2) is 9.27. The summed E-state index contributed by atoms with van der Waals surface area (Å²) in [7, 11) is 0. The Morgan fingerprint density at radius 1 is 1.21 bits per heavy atom. The van der Waals surface area contributed by atoms with Crippen molar-refractivity contribution < 1.29 is 23.5 Å². The summed E-state index contributed by atoms with van der Waals surface area (Å²) in [6.07, 6.45) is 4.37. The Morgan fingerprint density at radius 2 is 1.91 bits per heavy atom. The van der Waals surface area contributed by atoms with E-state index in [0.717, 1.165) is 24.2 Å². The molecule has 1 aromatic heterocycles. The molecule has 1 N–H and O–H groups in total. The van der Waals surface area contributed by atoms with Crippen molar-refractivity contribution in [3.63, 3.8) is 0 Å². The average molecular weight is 472 g/mol. The van der Waals surface area contributed by atoms with E-state index in [1.807, 2.05) is 6.07 Å². The summed E-state index contributed by atoms with van der Waals surface area (Å²) in [5.74, 6) is -0.940. The normalized spacial score (nSPS) is 23.0. The Bertz CT molecular complexity index is 1140. The molecule has 9 nitrogen and oxygen atoms in total. The zero-order chi connectivity index (χ0) is 24.5. The molecule has 1 aromatic carbocycles. The number of nitrogens with zero attached hydrogens (tertiary/aromatic N) is 2. The predicted octanol–water partition coefficient (Wildman–Crippen LogP) is 3.44. The van der Waals surface area contributed by atoms with Gasteiger partial charge in [0.25, 0.3) is 5.91 Å². The Hall–Kier alpha value is -3.10. The number of amides is 3. The van der Waals surface area contributed by atoms with Crippen LogP contribution in [-0.4, -0.2) is 46.1 Å². The molecular formula is C25H33N3O6. The number of benzene rings is 1. The van der Waals surface area contributed by atoms with Gasteiger partial charge in [-0.15, -0.1) is 0 Å². The Labute approximate surface area is 198 Å². The summed E-state index contributed by atoms with van der Waals surface area (Å²) >= 11 is 0. The van der Waals surface area contributed by atoms with Crippen molar-refractivity contribution in [3.8, 4) is 0 Å². The summed E-state index contributed by atoms with van der Waals surface area (Å²) in [5.41, 5.74) is 0.482. The van der Waals surface area contributed by atoms with E-state index in [0.29, 0.717) is 42.8 Å². The topological polar surface area (TPSA) is 111 Å². The molecule has 9 heteroatoms. The Kier molecular flexibility index (Phi) is 6.55. The largest absolute Gasteiger partial charge is 0.464 e. The predicted molar refractivity (Wildman–Crippen MR) is 125 cm³/mol. The molecular weight excluding hydrogens is 438 g/mol. The highest BCUT2D eigenvalue weighted by molar-refractivity contribution is 6.08. The van der Waals surface area contributed by atoms with Gasteiger partial charge in [-0.3, -0.25) is 19.1 Å². The number of carbonyl (C=O) groups is 3. The van der Waals surface area contributed by atoms with Crippen molar-refractivity contribution in [2.75, 3.05) is 13.2 Å². The third-order valence-corrected chi connectivity index (χ3v) is 7.75. The zero-order valence-corrected chi connectivity index (χ0v) is 20.1. The number of rotatable bonds is 8. The number of carbonyl (C=O) groups excluding carboxylic acids is 3. The molecule has 34 heavy (non-hydrogen) atoms. The number of urea groups is 1. The van der Waals surface area contributed by atoms with Gasteiger partial charge < -0.3 is 14.5 Å². The molecule has 1 spiro atoms. The van der Waals surface area contributed by atoms with Crippen LogP contribution in [0.5, 0.6) is 0 Å². The van der Waals surface area contributed by atoms with E-state index < -0.39 is 29.8 Å². The molecule has 2 heterocycles. The lowest BCUT2D eigenvalue weighted by atomic mass is 9.65. The highest BCUT2D eigenvalue weighted by Crippen LogP contribution is 2.45. The van der Waals surface area contributed by atoms with Gasteiger partial charge in [-0.1, -0.05) is 39.3 Å². The molecule has 3 amide bonds. The van der Waals surface area contributed by atoms with Crippen LogP contribution in [0, 0.1) is 11.3 Å². The van der Waals surface area contributed by atoms with E-state index in [1.165, 1.54) is 4.57 Å². The molecule has 1 aliphatic carbocycles. The molecule has 0 atom stereocenters. The Balaban J connectivity index is 1.27. The quantitative estimate of drug-likeness (QED) is 0.359. The second-order valence-corrected chi connectivity index (χ2v) is 10.1. The van der Waals surface area contributed by atoms with Gasteiger partial charge >= 0.3 is 17.8 Å². The number of aryl methyl sites for hydroxylation is 1. The molecule has 4 rings (SSSR count). The monoisotopic (exact) mass is 471 g/mol. The van der Waals surface area contributed by atoms with Crippen molar-refractivity contribution in [1.29, 1.82) is 0 Å². The van der Waals surface area contributed by atoms with Crippen molar-refractivity contribution in [1.82, 2.24) is 14.8 Å². The van der Waals surface area contributed by atoms with Crippen molar-refractivity contribution in [2.45, 2.75) is 71.4 Å². The van der Waals surface area contributed by atoms with Gasteiger partial charge in [-0.25, -0.2) is 9.59 Å². The van der Waals surface area contributed by atoms with Crippen LogP contribution < -0.4 is 11.1 Å². The van der Waals surface area contributed by atoms with Gasteiger partial charge in [-0.05, 0) is 55.6 Å². The van der Waals surface area contributed by atoms with E-state index in [9.17, 15) is 19.2 Å². The maximum Gasteiger partial charge on any atom is 0.419 e. The summed E-state index contributed by atoms with van der Waals surface area (Å²) in [6, 6.07) is 6.57. The number of para-hydroxylation sites is 2. The van der Waals surface area contributed by atoms with Gasteiger partial charge in [0.2, 0.25) is 0 Å². The first-order chi connectivity index (χ1) is 16.2. The minimum absolute atomic E-state index is 0.0629. The van der Waals surface area contributed by atoms with E-state index in [2.05, 4.69) is 26.1 Å². The highest BCUT2D eigenvalue weighted by Gasteiger charge is 2.53. The molecule has 0 unspecified atom stereocenters. The molecule has 1 saturated carbocycles. The first-order valence-corrected chi connectivity index (χ1v) is 12.0. The van der Waals surface area contributed by atoms with Gasteiger partial charge in [0.1, 0.15) is 12.1 Å². The van der Waals surface area contributed by atoms with Crippen LogP contribution in [0.4, 0.5) is 4.79 Å². The van der Waals surface area contributed by atoms with Crippen molar-refractivity contribution >= 4 is 29.0 Å². The molecule has 184 valence electrons. The zero-order valence-electron chi connectivity index (χ0n) is 20.1. The fourth-order valence-electron chi connectivity index (χ4n) is 5.15. The number of ether oxygens (including phenoxy) is 1. The van der Waals surface area contributed by atoms with Crippen LogP contribution in [0.2, 0.25) is 0 Å². The van der Waals surface area contributed by atoms with Gasteiger partial charge in [-0.2, -0.15) is 0 Å². The molecule has 2 aromatic rings. The number of aromatic nitrogens is 1. The van der Waals surface area contributed by atoms with Crippen LogP contribution in [-0.2, 0) is 20.9 Å². The Morgan fingerprint density at radius 3 is 2.62 bits per heavy atom. The lowest BCUT2D eigenvalue weighted by Gasteiger charge is -2.42. The number of hydrogen-bond acceptors (Lipinski definition) is 6. The number of nitrogens with one attached hydrogen (secondary N) is 1. The summed E-state index contributed by atoms with van der Waals surface area (Å²) < 4.78 is 11.9. The van der Waals surface area contributed by atoms with Crippen LogP contribution >= 0.6 is 0 Å². The second-order valence-electron chi connectivity index (χ2n) is 10.1. The third-order valence-electron chi connectivity index (χ3n) is 7.75. The SMILES string of the molecule is CCC(C)(C)C1CCC2(CC1)NC(=O)N(CC(=O)OCCCn1c(=O)oc3ccccc31)C2=O. The maximum absolute atomic E-state index is 13.1. The molecule has 0 bridgehead atoms. The summed E-state index contributed by atoms with van der Waals surface area (Å²) in [6.45, 7) is 6.65. The average Bonchev–Trinajstić information content (AvgIpc) is 3.25. The van der Waals surface area contributed by atoms with E-state index in [-0.39, 0.29) is 17.9 Å². The van der Waals surface area contributed by atoms with E-state index in [4.69, 9.17) is 9.15 Å². The highest BCUT2D eigenvalue weighted by atomic mass is 16.5. The molecule has 2 fully saturated rings. The first kappa shape index (κ1) is 24.0. The lowest BCUT2D eigenvalue weighted by molar-refractivity contribution is -0.148. The fraction of sp³-hybridized carbons (Fsp3) is 0.600. The number of imide groups is 1. The lowest BCUT2D eigenvalue weighted by Crippen LogP contribution is -2.51. The molecule has 1 aliphatic heterocycles. The minimum atomic E-state index is -0.902. The fourth-order valence-corrected chi connectivity index (χ4v) is 5.15. The smallest absolute Gasteiger partial charge is 0.419 e. The standard InChI is InChI=1S/C25H33N3O6/c1-4-24(2,3)17-10-12-25(13-11-17)21(30)28(22(31)26-25)16-20(29)33-15-7-14-27-18-8-5-6-9-19(18)34-23(27)32/h5-6,8-9,17H,4,7,10-16H2,1-3H3,(H,26,31). The minimum Gasteiger partial charge on any atom is -0.464 e. The van der Waals surface area contributed by atoms with Crippen LogP contribution in [0.25, 0.3) is 11.1 Å². The molecule has 0 radical (unpaired) electrons. The van der Waals surface area contributed by atoms with Crippen LogP contribution in [0.3, 0.4) is 0 Å². The van der Waals surface area contributed by atoms with Crippen LogP contribution in [0.15, 0.2) is 33.5 Å². The molecule has 1 saturated heterocycles. The number of hydrogen-bond donors (Lipinski definition) is 1.